The quantitative estimate of drug-likeness (QED) is 0.607. The molecular formula is C19H20BrN3O3. The van der Waals surface area contributed by atoms with E-state index in [-0.39, 0.29) is 5.63 Å². The van der Waals surface area contributed by atoms with Gasteiger partial charge in [-0.15, -0.1) is 0 Å². The van der Waals surface area contributed by atoms with Gasteiger partial charge in [0.2, 0.25) is 0 Å². The van der Waals surface area contributed by atoms with Gasteiger partial charge in [-0.1, -0.05) is 21.1 Å². The first-order chi connectivity index (χ1) is 12.6. The molecular weight excluding hydrogens is 398 g/mol. The van der Waals surface area contributed by atoms with Crippen molar-refractivity contribution in [1.82, 2.24) is 15.0 Å². The highest BCUT2D eigenvalue weighted by Gasteiger charge is 2.19. The summed E-state index contributed by atoms with van der Waals surface area (Å²) in [5.41, 5.74) is 2.32. The Labute approximate surface area is 159 Å². The largest absolute Gasteiger partial charge is 0.423 e. The Morgan fingerprint density at radius 2 is 1.81 bits per heavy atom. The second-order valence-electron chi connectivity index (χ2n) is 6.71. The van der Waals surface area contributed by atoms with Gasteiger partial charge in [0, 0.05) is 61.3 Å². The molecule has 26 heavy (non-hydrogen) atoms. The number of hydrogen-bond acceptors (Lipinski definition) is 6. The van der Waals surface area contributed by atoms with Crippen molar-refractivity contribution >= 4 is 26.9 Å². The average Bonchev–Trinajstić information content (AvgIpc) is 3.01. The van der Waals surface area contributed by atoms with E-state index in [1.54, 1.807) is 6.07 Å². The van der Waals surface area contributed by atoms with Crippen molar-refractivity contribution < 1.29 is 8.94 Å². The zero-order valence-electron chi connectivity index (χ0n) is 14.6. The second kappa shape index (κ2) is 7.34. The molecule has 2 aromatic heterocycles. The summed E-state index contributed by atoms with van der Waals surface area (Å²) in [7, 11) is 0. The molecule has 3 heterocycles. The summed E-state index contributed by atoms with van der Waals surface area (Å²) in [6.07, 6.45) is 0. The highest BCUT2D eigenvalue weighted by Crippen LogP contribution is 2.23. The Kier molecular flexibility index (Phi) is 4.93. The van der Waals surface area contributed by atoms with E-state index in [1.807, 2.05) is 31.2 Å². The highest BCUT2D eigenvalue weighted by atomic mass is 79.9. The zero-order chi connectivity index (χ0) is 18.1. The van der Waals surface area contributed by atoms with Crippen LogP contribution in [0.2, 0.25) is 0 Å². The van der Waals surface area contributed by atoms with Gasteiger partial charge in [0.05, 0.1) is 5.69 Å². The molecule has 0 unspecified atom stereocenters. The molecule has 3 aromatic rings. The Hall–Kier alpha value is -1.96. The van der Waals surface area contributed by atoms with E-state index in [9.17, 15) is 4.79 Å². The number of halogens is 1. The van der Waals surface area contributed by atoms with Crippen molar-refractivity contribution in [3.63, 3.8) is 0 Å². The number of rotatable bonds is 4. The van der Waals surface area contributed by atoms with E-state index in [0.717, 1.165) is 66.1 Å². The summed E-state index contributed by atoms with van der Waals surface area (Å²) in [5.74, 6) is 0.847. The minimum atomic E-state index is -0.300. The van der Waals surface area contributed by atoms with E-state index in [4.69, 9.17) is 8.94 Å². The number of aromatic nitrogens is 1. The number of piperazine rings is 1. The van der Waals surface area contributed by atoms with E-state index >= 15 is 0 Å². The topological polar surface area (TPSA) is 62.7 Å². The van der Waals surface area contributed by atoms with Gasteiger partial charge in [0.25, 0.3) is 0 Å². The average molecular weight is 418 g/mol. The molecule has 0 saturated carbocycles. The monoisotopic (exact) mass is 417 g/mol. The fraction of sp³-hybridized carbons (Fsp3) is 0.368. The number of fused-ring (bicyclic) bond motifs is 1. The van der Waals surface area contributed by atoms with E-state index in [0.29, 0.717) is 5.58 Å². The van der Waals surface area contributed by atoms with Crippen LogP contribution in [0.25, 0.3) is 11.0 Å². The van der Waals surface area contributed by atoms with Gasteiger partial charge in [-0.05, 0) is 30.7 Å². The summed E-state index contributed by atoms with van der Waals surface area (Å²) in [5, 5.41) is 5.06. The van der Waals surface area contributed by atoms with E-state index < -0.39 is 0 Å². The SMILES string of the molecule is Cc1cc(CN2CCN(Cc3cc(=O)oc4cc(Br)ccc34)CC2)no1. The molecule has 0 bridgehead atoms. The second-order valence-corrected chi connectivity index (χ2v) is 7.63. The van der Waals surface area contributed by atoms with Crippen LogP contribution in [-0.2, 0) is 13.1 Å². The lowest BCUT2D eigenvalue weighted by Crippen LogP contribution is -2.45. The van der Waals surface area contributed by atoms with Crippen LogP contribution in [0.4, 0.5) is 0 Å². The van der Waals surface area contributed by atoms with Crippen LogP contribution in [0.3, 0.4) is 0 Å². The van der Waals surface area contributed by atoms with Gasteiger partial charge < -0.3 is 8.94 Å². The van der Waals surface area contributed by atoms with Gasteiger partial charge in [-0.25, -0.2) is 4.79 Å². The van der Waals surface area contributed by atoms with Crippen LogP contribution in [0, 0.1) is 6.92 Å². The Morgan fingerprint density at radius 3 is 2.50 bits per heavy atom. The molecule has 7 heteroatoms. The van der Waals surface area contributed by atoms with Crippen LogP contribution in [-0.4, -0.2) is 41.1 Å². The van der Waals surface area contributed by atoms with Crippen molar-refractivity contribution in [1.29, 1.82) is 0 Å². The zero-order valence-corrected chi connectivity index (χ0v) is 16.2. The van der Waals surface area contributed by atoms with Crippen molar-refractivity contribution in [2.45, 2.75) is 20.0 Å². The molecule has 0 aliphatic carbocycles. The molecule has 1 saturated heterocycles. The predicted octanol–water partition coefficient (Wildman–Crippen LogP) is 3.17. The third kappa shape index (κ3) is 3.90. The van der Waals surface area contributed by atoms with Crippen molar-refractivity contribution in [3.8, 4) is 0 Å². The van der Waals surface area contributed by atoms with E-state index in [1.165, 1.54) is 0 Å². The fourth-order valence-electron chi connectivity index (χ4n) is 3.40. The van der Waals surface area contributed by atoms with Crippen LogP contribution in [0.15, 0.2) is 48.5 Å². The van der Waals surface area contributed by atoms with Gasteiger partial charge in [0.1, 0.15) is 11.3 Å². The predicted molar refractivity (Wildman–Crippen MR) is 102 cm³/mol. The molecule has 0 spiro atoms. The van der Waals surface area contributed by atoms with Gasteiger partial charge in [-0.3, -0.25) is 9.80 Å². The first-order valence-corrected chi connectivity index (χ1v) is 9.45. The molecule has 4 rings (SSSR count). The normalized spacial score (nSPS) is 16.4. The van der Waals surface area contributed by atoms with Crippen molar-refractivity contribution in [3.05, 3.63) is 62.2 Å². The summed E-state index contributed by atoms with van der Waals surface area (Å²) in [6, 6.07) is 9.42. The van der Waals surface area contributed by atoms with Crippen molar-refractivity contribution in [2.75, 3.05) is 26.2 Å². The Morgan fingerprint density at radius 1 is 1.08 bits per heavy atom. The molecule has 1 aromatic carbocycles. The lowest BCUT2D eigenvalue weighted by Gasteiger charge is -2.34. The summed E-state index contributed by atoms with van der Waals surface area (Å²) in [6.45, 7) is 7.32. The number of aryl methyl sites for hydroxylation is 1. The molecule has 0 amide bonds. The Balaban J connectivity index is 1.43. The number of benzene rings is 1. The smallest absolute Gasteiger partial charge is 0.336 e. The van der Waals surface area contributed by atoms with E-state index in [2.05, 4.69) is 30.9 Å². The number of nitrogens with zero attached hydrogens (tertiary/aromatic N) is 3. The summed E-state index contributed by atoms with van der Waals surface area (Å²) in [4.78, 5) is 16.6. The standard InChI is InChI=1S/C19H20BrN3O3/c1-13-8-16(21-26-13)12-23-6-4-22(5-7-23)11-14-9-19(24)25-18-10-15(20)2-3-17(14)18/h2-3,8-10H,4-7,11-12H2,1H3. The fourth-order valence-corrected chi connectivity index (χ4v) is 3.74. The van der Waals surface area contributed by atoms with Crippen molar-refractivity contribution in [2.24, 2.45) is 0 Å². The molecule has 0 N–H and O–H groups in total. The van der Waals surface area contributed by atoms with Gasteiger partial charge in [-0.2, -0.15) is 0 Å². The highest BCUT2D eigenvalue weighted by molar-refractivity contribution is 9.10. The minimum Gasteiger partial charge on any atom is -0.423 e. The molecule has 0 atom stereocenters. The maximum Gasteiger partial charge on any atom is 0.336 e. The Bertz CT molecular complexity index is 974. The molecule has 1 fully saturated rings. The van der Waals surface area contributed by atoms with Gasteiger partial charge in [0.15, 0.2) is 0 Å². The minimum absolute atomic E-state index is 0.300. The first-order valence-electron chi connectivity index (χ1n) is 8.66. The lowest BCUT2D eigenvalue weighted by atomic mass is 10.1. The van der Waals surface area contributed by atoms with Crippen LogP contribution >= 0.6 is 15.9 Å². The molecule has 6 nitrogen and oxygen atoms in total. The lowest BCUT2D eigenvalue weighted by molar-refractivity contribution is 0.120. The van der Waals surface area contributed by atoms with Gasteiger partial charge >= 0.3 is 5.63 Å². The summed E-state index contributed by atoms with van der Waals surface area (Å²) >= 11 is 3.43. The molecule has 136 valence electrons. The molecule has 1 aliphatic rings. The van der Waals surface area contributed by atoms with Crippen LogP contribution < -0.4 is 5.63 Å². The molecule has 0 radical (unpaired) electrons. The molecule has 1 aliphatic heterocycles. The third-order valence-corrected chi connectivity index (χ3v) is 5.21. The maximum atomic E-state index is 11.9. The summed E-state index contributed by atoms with van der Waals surface area (Å²) < 4.78 is 11.4. The number of hydrogen-bond donors (Lipinski definition) is 0. The van der Waals surface area contributed by atoms with Crippen LogP contribution in [0.1, 0.15) is 17.0 Å². The maximum absolute atomic E-state index is 11.9. The first kappa shape index (κ1) is 17.5. The van der Waals surface area contributed by atoms with Crippen LogP contribution in [0.5, 0.6) is 0 Å². The third-order valence-electron chi connectivity index (χ3n) is 4.71.